The van der Waals surface area contributed by atoms with Crippen LogP contribution in [0.15, 0.2) is 24.3 Å². The summed E-state index contributed by atoms with van der Waals surface area (Å²) in [6, 6.07) is 6.04. The summed E-state index contributed by atoms with van der Waals surface area (Å²) in [6.07, 6.45) is -0.453. The molecule has 0 radical (unpaired) electrons. The van der Waals surface area contributed by atoms with Crippen molar-refractivity contribution >= 4 is 27.7 Å². The molecule has 0 aliphatic rings. The first-order valence-corrected chi connectivity index (χ1v) is 6.74. The summed E-state index contributed by atoms with van der Waals surface area (Å²) in [5.41, 5.74) is 0.353. The Bertz CT molecular complexity index is 494. The number of hydrogen-bond acceptors (Lipinski definition) is 5. The van der Waals surface area contributed by atoms with Gasteiger partial charge in [-0.05, 0) is 17.7 Å². The molecule has 1 aromatic rings. The van der Waals surface area contributed by atoms with Gasteiger partial charge in [0.15, 0.2) is 6.10 Å². The number of hydrogen-bond donors (Lipinski definition) is 0. The lowest BCUT2D eigenvalue weighted by molar-refractivity contribution is -0.149. The molecule has 0 spiro atoms. The number of rotatable bonds is 4. The van der Waals surface area contributed by atoms with Crippen LogP contribution in [-0.4, -0.2) is 27.8 Å². The number of methoxy groups -OCH3 is 1. The van der Waals surface area contributed by atoms with Crippen molar-refractivity contribution in [1.82, 2.24) is 0 Å². The van der Waals surface area contributed by atoms with Gasteiger partial charge in [0, 0.05) is 5.02 Å². The van der Waals surface area contributed by atoms with Gasteiger partial charge in [-0.1, -0.05) is 23.7 Å². The van der Waals surface area contributed by atoms with Gasteiger partial charge in [-0.25, -0.2) is 4.79 Å². The molecule has 0 aromatic heterocycles. The summed E-state index contributed by atoms with van der Waals surface area (Å²) in [4.78, 5) is 11.4. The van der Waals surface area contributed by atoms with Crippen LogP contribution in [0.2, 0.25) is 5.02 Å². The van der Waals surface area contributed by atoms with Gasteiger partial charge in [0.05, 0.1) is 13.4 Å². The van der Waals surface area contributed by atoms with Crippen LogP contribution in [0.1, 0.15) is 11.7 Å². The molecule has 0 unspecified atom stereocenters. The number of carbonyl (C=O) groups excluding carboxylic acids is 1. The van der Waals surface area contributed by atoms with Crippen molar-refractivity contribution in [3.05, 3.63) is 34.9 Å². The third-order valence-corrected chi connectivity index (χ3v) is 2.65. The Kier molecular flexibility index (Phi) is 4.50. The van der Waals surface area contributed by atoms with E-state index >= 15 is 0 Å². The van der Waals surface area contributed by atoms with Crippen molar-refractivity contribution in [2.75, 3.05) is 13.4 Å². The third-order valence-electron chi connectivity index (χ3n) is 1.86. The highest BCUT2D eigenvalue weighted by Crippen LogP contribution is 2.22. The smallest absolute Gasteiger partial charge is 0.341 e. The Morgan fingerprint density at radius 1 is 1.29 bits per heavy atom. The summed E-state index contributed by atoms with van der Waals surface area (Å²) in [6.45, 7) is 0. The molecule has 0 saturated carbocycles. The molecule has 94 valence electrons. The van der Waals surface area contributed by atoms with Gasteiger partial charge in [-0.3, -0.25) is 4.18 Å². The molecule has 0 aliphatic carbocycles. The van der Waals surface area contributed by atoms with E-state index in [0.717, 1.165) is 13.4 Å². The van der Waals surface area contributed by atoms with Crippen molar-refractivity contribution in [3.63, 3.8) is 0 Å². The normalized spacial score (nSPS) is 13.1. The van der Waals surface area contributed by atoms with Gasteiger partial charge in [0.25, 0.3) is 10.1 Å². The molecule has 0 heterocycles. The fourth-order valence-electron chi connectivity index (χ4n) is 1.15. The lowest BCUT2D eigenvalue weighted by Crippen LogP contribution is -2.20. The molecular weight excluding hydrogens is 268 g/mol. The minimum absolute atomic E-state index is 0.353. The quantitative estimate of drug-likeness (QED) is 0.617. The Morgan fingerprint density at radius 3 is 2.24 bits per heavy atom. The van der Waals surface area contributed by atoms with E-state index in [0.29, 0.717) is 10.6 Å². The summed E-state index contributed by atoms with van der Waals surface area (Å²) in [5.74, 6) is -0.794. The fourth-order valence-corrected chi connectivity index (χ4v) is 1.82. The van der Waals surface area contributed by atoms with E-state index in [4.69, 9.17) is 11.6 Å². The average molecular weight is 279 g/mol. The monoisotopic (exact) mass is 278 g/mol. The van der Waals surface area contributed by atoms with E-state index in [1.54, 1.807) is 0 Å². The number of carbonyl (C=O) groups is 1. The van der Waals surface area contributed by atoms with Crippen LogP contribution >= 0.6 is 11.6 Å². The molecule has 17 heavy (non-hydrogen) atoms. The lowest BCUT2D eigenvalue weighted by Gasteiger charge is -2.14. The number of benzene rings is 1. The van der Waals surface area contributed by atoms with E-state index in [1.807, 2.05) is 0 Å². The molecule has 0 saturated heterocycles. The molecule has 0 N–H and O–H groups in total. The van der Waals surface area contributed by atoms with Crippen LogP contribution in [0.3, 0.4) is 0 Å². The maximum atomic E-state index is 11.4. The van der Waals surface area contributed by atoms with Crippen molar-refractivity contribution < 1.29 is 22.1 Å². The van der Waals surface area contributed by atoms with Gasteiger partial charge in [-0.2, -0.15) is 8.42 Å². The van der Waals surface area contributed by atoms with Crippen LogP contribution in [0.25, 0.3) is 0 Å². The molecule has 0 fully saturated rings. The SMILES string of the molecule is COC(=O)[C@H](OS(C)(=O)=O)c1ccc(Cl)cc1. The lowest BCUT2D eigenvalue weighted by atomic mass is 10.1. The van der Waals surface area contributed by atoms with Crippen LogP contribution in [0.5, 0.6) is 0 Å². The number of halogens is 1. The molecule has 1 rings (SSSR count). The van der Waals surface area contributed by atoms with E-state index < -0.39 is 22.2 Å². The Morgan fingerprint density at radius 2 is 1.82 bits per heavy atom. The summed E-state index contributed by atoms with van der Waals surface area (Å²) in [7, 11) is -2.62. The van der Waals surface area contributed by atoms with Crippen LogP contribution in [0.4, 0.5) is 0 Å². The zero-order valence-electron chi connectivity index (χ0n) is 9.21. The third kappa shape index (κ3) is 4.33. The van der Waals surface area contributed by atoms with E-state index in [9.17, 15) is 13.2 Å². The van der Waals surface area contributed by atoms with Crippen LogP contribution in [-0.2, 0) is 23.8 Å². The predicted octanol–water partition coefficient (Wildman–Crippen LogP) is 1.53. The molecule has 5 nitrogen and oxygen atoms in total. The topological polar surface area (TPSA) is 69.7 Å². The number of esters is 1. The largest absolute Gasteiger partial charge is 0.467 e. The first-order chi connectivity index (χ1) is 7.83. The summed E-state index contributed by atoms with van der Waals surface area (Å²) >= 11 is 5.69. The van der Waals surface area contributed by atoms with E-state index in [2.05, 4.69) is 8.92 Å². The first-order valence-electron chi connectivity index (χ1n) is 4.55. The minimum atomic E-state index is -3.77. The molecule has 0 aliphatic heterocycles. The van der Waals surface area contributed by atoms with Gasteiger partial charge >= 0.3 is 5.97 Å². The average Bonchev–Trinajstić information content (AvgIpc) is 2.25. The van der Waals surface area contributed by atoms with Crippen molar-refractivity contribution in [1.29, 1.82) is 0 Å². The Hall–Kier alpha value is -1.11. The highest BCUT2D eigenvalue weighted by Gasteiger charge is 2.26. The van der Waals surface area contributed by atoms with Crippen molar-refractivity contribution in [2.24, 2.45) is 0 Å². The Labute approximate surface area is 104 Å². The van der Waals surface area contributed by atoms with Gasteiger partial charge in [0.1, 0.15) is 0 Å². The number of ether oxygens (including phenoxy) is 1. The van der Waals surface area contributed by atoms with Gasteiger partial charge in [0.2, 0.25) is 0 Å². The second-order valence-electron chi connectivity index (χ2n) is 3.26. The minimum Gasteiger partial charge on any atom is -0.467 e. The molecule has 7 heteroatoms. The summed E-state index contributed by atoms with van der Waals surface area (Å²) in [5, 5.41) is 0.469. The van der Waals surface area contributed by atoms with Gasteiger partial charge in [-0.15, -0.1) is 0 Å². The fraction of sp³-hybridized carbons (Fsp3) is 0.300. The molecule has 1 atom stereocenters. The second kappa shape index (κ2) is 5.48. The summed E-state index contributed by atoms with van der Waals surface area (Å²) < 4.78 is 31.2. The molecule has 0 bridgehead atoms. The predicted molar refractivity (Wildman–Crippen MR) is 62.1 cm³/mol. The van der Waals surface area contributed by atoms with E-state index in [-0.39, 0.29) is 0 Å². The second-order valence-corrected chi connectivity index (χ2v) is 5.29. The first kappa shape index (κ1) is 14.0. The van der Waals surface area contributed by atoms with E-state index in [1.165, 1.54) is 24.3 Å². The van der Waals surface area contributed by atoms with Crippen molar-refractivity contribution in [3.8, 4) is 0 Å². The Balaban J connectivity index is 3.06. The van der Waals surface area contributed by atoms with Crippen molar-refractivity contribution in [2.45, 2.75) is 6.10 Å². The highest BCUT2D eigenvalue weighted by molar-refractivity contribution is 7.86. The maximum absolute atomic E-state index is 11.4. The maximum Gasteiger partial charge on any atom is 0.341 e. The van der Waals surface area contributed by atoms with Crippen LogP contribution in [0, 0.1) is 0 Å². The zero-order valence-corrected chi connectivity index (χ0v) is 10.8. The van der Waals surface area contributed by atoms with Crippen LogP contribution < -0.4 is 0 Å². The zero-order chi connectivity index (χ0) is 13.1. The van der Waals surface area contributed by atoms with Gasteiger partial charge < -0.3 is 4.74 Å². The standard InChI is InChI=1S/C10H11ClO5S/c1-15-10(12)9(16-17(2,13)14)7-3-5-8(11)6-4-7/h3-6,9H,1-2H3/t9-/m1/s1. The molecule has 1 aromatic carbocycles. The molecular formula is C10H11ClO5S. The molecule has 0 amide bonds. The highest BCUT2D eigenvalue weighted by atomic mass is 35.5.